The highest BCUT2D eigenvalue weighted by molar-refractivity contribution is 5.89. The van der Waals surface area contributed by atoms with Crippen LogP contribution in [-0.2, 0) is 19.7 Å². The molecule has 0 saturated carbocycles. The Morgan fingerprint density at radius 3 is 2.57 bits per heavy atom. The predicted octanol–water partition coefficient (Wildman–Crippen LogP) is 1.67. The summed E-state index contributed by atoms with van der Waals surface area (Å²) in [5.41, 5.74) is -0.0503. The van der Waals surface area contributed by atoms with Crippen molar-refractivity contribution < 1.29 is 24.2 Å². The highest BCUT2D eigenvalue weighted by Gasteiger charge is 2.40. The van der Waals surface area contributed by atoms with Crippen molar-refractivity contribution in [1.29, 1.82) is 0 Å². The van der Waals surface area contributed by atoms with Crippen molar-refractivity contribution in [3.63, 3.8) is 0 Å². The molecule has 2 rings (SSSR count). The smallest absolute Gasteiger partial charge is 0.334 e. The second-order valence-electron chi connectivity index (χ2n) is 6.31. The van der Waals surface area contributed by atoms with E-state index in [0.29, 0.717) is 12.3 Å². The normalized spacial score (nSPS) is 21.8. The lowest BCUT2D eigenvalue weighted by Crippen LogP contribution is -2.55. The summed E-state index contributed by atoms with van der Waals surface area (Å²) in [7, 11) is 1.57. The lowest BCUT2D eigenvalue weighted by atomic mass is 9.82. The number of hydrogen-bond acceptors (Lipinski definition) is 4. The molecule has 6 heteroatoms. The zero-order valence-corrected chi connectivity index (χ0v) is 13.9. The van der Waals surface area contributed by atoms with Gasteiger partial charge >= 0.3 is 5.97 Å². The second kappa shape index (κ2) is 6.58. The van der Waals surface area contributed by atoms with Crippen molar-refractivity contribution in [3.8, 4) is 5.75 Å². The Balaban J connectivity index is 2.28. The molecule has 1 amide bonds. The molecule has 1 aromatic rings. The van der Waals surface area contributed by atoms with Crippen molar-refractivity contribution in [2.24, 2.45) is 0 Å². The Kier molecular flexibility index (Phi) is 4.94. The number of benzene rings is 1. The van der Waals surface area contributed by atoms with Gasteiger partial charge in [-0.25, -0.2) is 4.79 Å². The van der Waals surface area contributed by atoms with E-state index in [2.05, 4.69) is 0 Å². The van der Waals surface area contributed by atoms with E-state index in [1.807, 2.05) is 38.1 Å². The SMILES string of the molecule is COc1ccccc1C(C)(C)C(=O)N1CC(C(=O)O)O[C@H](C)C1. The first-order valence-corrected chi connectivity index (χ1v) is 7.58. The molecule has 0 aromatic heterocycles. The van der Waals surface area contributed by atoms with Gasteiger partial charge < -0.3 is 19.5 Å². The molecule has 1 aliphatic heterocycles. The number of aliphatic carboxylic acids is 1. The number of hydrogen-bond donors (Lipinski definition) is 1. The van der Waals surface area contributed by atoms with E-state index in [4.69, 9.17) is 9.47 Å². The number of para-hydroxylation sites is 1. The zero-order valence-electron chi connectivity index (χ0n) is 13.9. The van der Waals surface area contributed by atoms with Gasteiger partial charge in [0, 0.05) is 12.1 Å². The molecule has 0 bridgehead atoms. The van der Waals surface area contributed by atoms with Crippen LogP contribution in [-0.4, -0.2) is 54.3 Å². The monoisotopic (exact) mass is 321 g/mol. The van der Waals surface area contributed by atoms with Gasteiger partial charge in [-0.1, -0.05) is 18.2 Å². The fraction of sp³-hybridized carbons (Fsp3) is 0.529. The first-order valence-electron chi connectivity index (χ1n) is 7.58. The molecule has 1 aliphatic rings. The second-order valence-corrected chi connectivity index (χ2v) is 6.31. The first-order chi connectivity index (χ1) is 10.8. The number of carboxylic acid groups (broad SMARTS) is 1. The minimum absolute atomic E-state index is 0.0527. The van der Waals surface area contributed by atoms with E-state index in [1.165, 1.54) is 0 Å². The van der Waals surface area contributed by atoms with Crippen molar-refractivity contribution in [2.75, 3.05) is 20.2 Å². The molecule has 23 heavy (non-hydrogen) atoms. The van der Waals surface area contributed by atoms with Gasteiger partial charge in [0.1, 0.15) is 5.75 Å². The number of carbonyl (C=O) groups is 2. The van der Waals surface area contributed by atoms with E-state index in [0.717, 1.165) is 5.56 Å². The van der Waals surface area contributed by atoms with Crippen LogP contribution in [0.4, 0.5) is 0 Å². The summed E-state index contributed by atoms with van der Waals surface area (Å²) in [6.45, 7) is 5.84. The van der Waals surface area contributed by atoms with E-state index < -0.39 is 17.5 Å². The molecule has 1 unspecified atom stereocenters. The third-order valence-corrected chi connectivity index (χ3v) is 4.14. The summed E-state index contributed by atoms with van der Waals surface area (Å²) in [5.74, 6) is -0.546. The molecule has 6 nitrogen and oxygen atoms in total. The van der Waals surface area contributed by atoms with Gasteiger partial charge in [0.25, 0.3) is 0 Å². The maximum Gasteiger partial charge on any atom is 0.334 e. The van der Waals surface area contributed by atoms with E-state index in [1.54, 1.807) is 18.9 Å². The van der Waals surface area contributed by atoms with Crippen molar-refractivity contribution in [3.05, 3.63) is 29.8 Å². The van der Waals surface area contributed by atoms with Gasteiger partial charge in [0.2, 0.25) is 5.91 Å². The van der Waals surface area contributed by atoms with Crippen LogP contribution in [0.2, 0.25) is 0 Å². The Hall–Kier alpha value is -2.08. The fourth-order valence-corrected chi connectivity index (χ4v) is 2.93. The molecule has 1 N–H and O–H groups in total. The molecule has 1 fully saturated rings. The molecule has 1 aromatic carbocycles. The molecule has 1 heterocycles. The quantitative estimate of drug-likeness (QED) is 0.913. The van der Waals surface area contributed by atoms with Crippen LogP contribution in [0, 0.1) is 0 Å². The molecule has 0 spiro atoms. The Bertz CT molecular complexity index is 598. The standard InChI is InChI=1S/C17H23NO5/c1-11-9-18(10-14(23-11)15(19)20)16(21)17(2,3)12-7-5-6-8-13(12)22-4/h5-8,11,14H,9-10H2,1-4H3,(H,19,20)/t11-,14?/m1/s1. The lowest BCUT2D eigenvalue weighted by Gasteiger charge is -2.39. The van der Waals surface area contributed by atoms with Gasteiger partial charge in [-0.2, -0.15) is 0 Å². The number of carbonyl (C=O) groups excluding carboxylic acids is 1. The Morgan fingerprint density at radius 1 is 1.30 bits per heavy atom. The third-order valence-electron chi connectivity index (χ3n) is 4.14. The summed E-state index contributed by atoms with van der Waals surface area (Å²) < 4.78 is 10.7. The van der Waals surface area contributed by atoms with Gasteiger partial charge in [-0.05, 0) is 26.8 Å². The molecule has 1 saturated heterocycles. The highest BCUT2D eigenvalue weighted by atomic mass is 16.5. The zero-order chi connectivity index (χ0) is 17.2. The highest BCUT2D eigenvalue weighted by Crippen LogP contribution is 2.33. The van der Waals surface area contributed by atoms with E-state index >= 15 is 0 Å². The van der Waals surface area contributed by atoms with Crippen LogP contribution in [0.25, 0.3) is 0 Å². The van der Waals surface area contributed by atoms with Crippen molar-refractivity contribution >= 4 is 11.9 Å². The molecule has 0 aliphatic carbocycles. The number of carboxylic acids is 1. The van der Waals surface area contributed by atoms with Crippen LogP contribution in [0.15, 0.2) is 24.3 Å². The lowest BCUT2D eigenvalue weighted by molar-refractivity contribution is -0.168. The summed E-state index contributed by atoms with van der Waals surface area (Å²) in [6, 6.07) is 7.37. The van der Waals surface area contributed by atoms with Crippen molar-refractivity contribution in [1.82, 2.24) is 4.90 Å². The number of amides is 1. The minimum atomic E-state index is -1.05. The first kappa shape index (κ1) is 17.3. The van der Waals surface area contributed by atoms with Crippen molar-refractivity contribution in [2.45, 2.75) is 38.4 Å². The van der Waals surface area contributed by atoms with Crippen LogP contribution in [0.3, 0.4) is 0 Å². The number of ether oxygens (including phenoxy) is 2. The topological polar surface area (TPSA) is 76.1 Å². The number of morpholine rings is 1. The van der Waals surface area contributed by atoms with Gasteiger partial charge in [-0.15, -0.1) is 0 Å². The summed E-state index contributed by atoms with van der Waals surface area (Å²) in [5, 5.41) is 9.17. The Labute approximate surface area is 136 Å². The predicted molar refractivity (Wildman–Crippen MR) is 84.6 cm³/mol. The van der Waals surface area contributed by atoms with Gasteiger partial charge in [0.05, 0.1) is 25.2 Å². The van der Waals surface area contributed by atoms with Crippen LogP contribution in [0.5, 0.6) is 5.75 Å². The number of nitrogens with zero attached hydrogens (tertiary/aromatic N) is 1. The summed E-state index contributed by atoms with van der Waals surface area (Å²) in [4.78, 5) is 25.8. The van der Waals surface area contributed by atoms with E-state index in [-0.39, 0.29) is 18.6 Å². The molecular formula is C17H23NO5. The molecular weight excluding hydrogens is 298 g/mol. The largest absolute Gasteiger partial charge is 0.496 e. The fourth-order valence-electron chi connectivity index (χ4n) is 2.93. The third kappa shape index (κ3) is 3.47. The Morgan fingerprint density at radius 2 is 1.96 bits per heavy atom. The molecule has 2 atom stereocenters. The summed E-state index contributed by atoms with van der Waals surface area (Å²) >= 11 is 0. The van der Waals surface area contributed by atoms with Crippen LogP contribution in [0.1, 0.15) is 26.3 Å². The minimum Gasteiger partial charge on any atom is -0.496 e. The maximum absolute atomic E-state index is 13.0. The van der Waals surface area contributed by atoms with Crippen LogP contribution >= 0.6 is 0 Å². The van der Waals surface area contributed by atoms with Gasteiger partial charge in [0.15, 0.2) is 6.10 Å². The van der Waals surface area contributed by atoms with Crippen LogP contribution < -0.4 is 4.74 Å². The number of methoxy groups -OCH3 is 1. The molecule has 126 valence electrons. The summed E-state index contributed by atoms with van der Waals surface area (Å²) in [6.07, 6.45) is -1.31. The average Bonchev–Trinajstić information content (AvgIpc) is 2.53. The van der Waals surface area contributed by atoms with Gasteiger partial charge in [-0.3, -0.25) is 4.79 Å². The molecule has 0 radical (unpaired) electrons. The number of rotatable bonds is 4. The average molecular weight is 321 g/mol. The van der Waals surface area contributed by atoms with E-state index in [9.17, 15) is 14.7 Å². The maximum atomic E-state index is 13.0.